The highest BCUT2D eigenvalue weighted by molar-refractivity contribution is 5.93. The predicted octanol–water partition coefficient (Wildman–Crippen LogP) is 4.72. The molecule has 13 heteroatoms. The summed E-state index contributed by atoms with van der Waals surface area (Å²) in [5.74, 6) is 0.219. The first kappa shape index (κ1) is 33.0. The number of aliphatic imine (C=N–C) groups is 1. The molecule has 0 fully saturated rings. The van der Waals surface area contributed by atoms with Crippen LogP contribution in [-0.2, 0) is 23.9 Å². The molecule has 0 unspecified atom stereocenters. The van der Waals surface area contributed by atoms with Crippen LogP contribution in [0.15, 0.2) is 41.4 Å². The van der Waals surface area contributed by atoms with Gasteiger partial charge < -0.3 is 30.9 Å². The van der Waals surface area contributed by atoms with E-state index >= 15 is 0 Å². The number of hydrogen-bond donors (Lipinski definition) is 4. The SMILES string of the molecule is COc1ccc(CC(=O)N=C(N)N[C@H](C)CC(C)C)cc1OC.O=C(O)NCc1ccc(F)c(C(F)(F)F)c1. The minimum absolute atomic E-state index is 0.0381. The number of carbonyl (C=O) groups is 2. The van der Waals surface area contributed by atoms with Crippen molar-refractivity contribution in [2.75, 3.05) is 14.2 Å². The van der Waals surface area contributed by atoms with Gasteiger partial charge in [-0.1, -0.05) is 26.0 Å². The van der Waals surface area contributed by atoms with Crippen LogP contribution in [0.5, 0.6) is 11.5 Å². The van der Waals surface area contributed by atoms with Gasteiger partial charge in [0.2, 0.25) is 0 Å². The van der Waals surface area contributed by atoms with Crippen molar-refractivity contribution in [1.82, 2.24) is 10.6 Å². The van der Waals surface area contributed by atoms with Crippen LogP contribution < -0.4 is 25.8 Å². The van der Waals surface area contributed by atoms with Gasteiger partial charge in [-0.05, 0) is 54.7 Å². The van der Waals surface area contributed by atoms with E-state index in [0.29, 0.717) is 29.5 Å². The third-order valence-corrected chi connectivity index (χ3v) is 5.05. The number of carbonyl (C=O) groups excluding carboxylic acids is 1. The molecular weight excluding hydrogens is 524 g/mol. The first-order valence-corrected chi connectivity index (χ1v) is 11.8. The van der Waals surface area contributed by atoms with E-state index in [1.807, 2.05) is 12.2 Å². The summed E-state index contributed by atoms with van der Waals surface area (Å²) in [5, 5.41) is 13.2. The van der Waals surface area contributed by atoms with E-state index in [0.717, 1.165) is 18.1 Å². The van der Waals surface area contributed by atoms with Crippen molar-refractivity contribution in [3.05, 3.63) is 58.9 Å². The van der Waals surface area contributed by atoms with Crippen molar-refractivity contribution in [3.63, 3.8) is 0 Å². The maximum atomic E-state index is 12.8. The Balaban J connectivity index is 0.000000416. The number of nitrogens with zero attached hydrogens (tertiary/aromatic N) is 1. The van der Waals surface area contributed by atoms with Crippen LogP contribution in [0.25, 0.3) is 0 Å². The summed E-state index contributed by atoms with van der Waals surface area (Å²) in [4.78, 5) is 26.0. The van der Waals surface area contributed by atoms with Gasteiger partial charge in [0.05, 0.1) is 26.2 Å². The summed E-state index contributed by atoms with van der Waals surface area (Å²) in [7, 11) is 3.12. The fourth-order valence-corrected chi connectivity index (χ4v) is 3.47. The fourth-order valence-electron chi connectivity index (χ4n) is 3.47. The molecule has 0 aliphatic heterocycles. The molecule has 0 saturated carbocycles. The van der Waals surface area contributed by atoms with Crippen molar-refractivity contribution in [2.24, 2.45) is 16.6 Å². The second-order valence-electron chi connectivity index (χ2n) is 8.90. The minimum atomic E-state index is -4.79. The molecule has 0 bridgehead atoms. The van der Waals surface area contributed by atoms with E-state index in [1.165, 1.54) is 0 Å². The summed E-state index contributed by atoms with van der Waals surface area (Å²) in [5.41, 5.74) is 5.20. The van der Waals surface area contributed by atoms with Gasteiger partial charge in [0.25, 0.3) is 5.91 Å². The third kappa shape index (κ3) is 12.4. The second-order valence-corrected chi connectivity index (χ2v) is 8.90. The van der Waals surface area contributed by atoms with Gasteiger partial charge in [-0.3, -0.25) is 4.79 Å². The number of guanidine groups is 1. The molecule has 0 aromatic heterocycles. The van der Waals surface area contributed by atoms with Crippen LogP contribution in [0.2, 0.25) is 0 Å². The third-order valence-electron chi connectivity index (χ3n) is 5.05. The maximum Gasteiger partial charge on any atom is 0.419 e. The number of hydrogen-bond acceptors (Lipinski definition) is 4. The van der Waals surface area contributed by atoms with Crippen LogP contribution in [0.3, 0.4) is 0 Å². The molecule has 2 amide bonds. The fraction of sp³-hybridized carbons (Fsp3) is 0.423. The van der Waals surface area contributed by atoms with Gasteiger partial charge in [0, 0.05) is 12.6 Å². The average Bonchev–Trinajstić information content (AvgIpc) is 2.82. The Bertz CT molecular complexity index is 1140. The van der Waals surface area contributed by atoms with Crippen LogP contribution in [-0.4, -0.2) is 43.3 Å². The molecule has 0 saturated heterocycles. The van der Waals surface area contributed by atoms with Crippen molar-refractivity contribution >= 4 is 18.0 Å². The first-order valence-electron chi connectivity index (χ1n) is 11.8. The van der Waals surface area contributed by atoms with E-state index in [1.54, 1.807) is 32.4 Å². The van der Waals surface area contributed by atoms with Gasteiger partial charge in [-0.2, -0.15) is 18.2 Å². The van der Waals surface area contributed by atoms with Gasteiger partial charge in [0.15, 0.2) is 17.5 Å². The van der Waals surface area contributed by atoms with E-state index in [4.69, 9.17) is 20.3 Å². The number of amides is 2. The van der Waals surface area contributed by atoms with Crippen molar-refractivity contribution < 1.29 is 41.7 Å². The normalized spacial score (nSPS) is 12.2. The highest BCUT2D eigenvalue weighted by Crippen LogP contribution is 2.32. The number of ether oxygens (including phenoxy) is 2. The van der Waals surface area contributed by atoms with E-state index in [-0.39, 0.29) is 36.4 Å². The summed E-state index contributed by atoms with van der Waals surface area (Å²) in [6.07, 6.45) is -5.04. The van der Waals surface area contributed by atoms with Crippen LogP contribution in [0.1, 0.15) is 43.9 Å². The standard InChI is InChI=1S/C17H27N3O3.C9H7F4NO2/c1-11(2)8-12(3)19-17(18)20-16(21)10-13-6-7-14(22-4)15(9-13)23-5;10-7-2-1-5(4-14-8(15)16)3-6(7)9(11,12)13/h6-7,9,11-12H,8,10H2,1-5H3,(H3,18,19,20,21);1-3,14H,4H2,(H,15,16)/t12-;/m1./s1. The van der Waals surface area contributed by atoms with Gasteiger partial charge in [-0.25, -0.2) is 9.18 Å². The van der Waals surface area contributed by atoms with Gasteiger partial charge >= 0.3 is 12.3 Å². The number of rotatable bonds is 9. The number of halogens is 4. The highest BCUT2D eigenvalue weighted by atomic mass is 19.4. The lowest BCUT2D eigenvalue weighted by molar-refractivity contribution is -0.140. The molecule has 0 aliphatic carbocycles. The summed E-state index contributed by atoms with van der Waals surface area (Å²) in [6.45, 7) is 5.97. The number of benzene rings is 2. The number of alkyl halides is 3. The molecule has 2 rings (SSSR count). The topological polar surface area (TPSA) is 135 Å². The Labute approximate surface area is 224 Å². The zero-order valence-corrected chi connectivity index (χ0v) is 22.4. The van der Waals surface area contributed by atoms with Crippen molar-refractivity contribution in [1.29, 1.82) is 0 Å². The van der Waals surface area contributed by atoms with Crippen LogP contribution >= 0.6 is 0 Å². The summed E-state index contributed by atoms with van der Waals surface area (Å²) < 4.78 is 59.9. The Morgan fingerprint density at radius 1 is 1.03 bits per heavy atom. The second kappa shape index (κ2) is 15.4. The van der Waals surface area contributed by atoms with Gasteiger partial charge in [0.1, 0.15) is 5.82 Å². The molecule has 0 aliphatic rings. The molecule has 216 valence electrons. The van der Waals surface area contributed by atoms with E-state index < -0.39 is 23.7 Å². The van der Waals surface area contributed by atoms with E-state index in [9.17, 15) is 27.2 Å². The molecule has 9 nitrogen and oxygen atoms in total. The summed E-state index contributed by atoms with van der Waals surface area (Å²) >= 11 is 0. The van der Waals surface area contributed by atoms with Crippen molar-refractivity contribution in [3.8, 4) is 11.5 Å². The molecule has 0 heterocycles. The quantitative estimate of drug-likeness (QED) is 0.199. The molecule has 5 N–H and O–H groups in total. The lowest BCUT2D eigenvalue weighted by Crippen LogP contribution is -2.39. The number of methoxy groups -OCH3 is 2. The van der Waals surface area contributed by atoms with E-state index in [2.05, 4.69) is 24.2 Å². The van der Waals surface area contributed by atoms with Gasteiger partial charge in [-0.15, -0.1) is 0 Å². The van der Waals surface area contributed by atoms with Crippen LogP contribution in [0.4, 0.5) is 22.4 Å². The largest absolute Gasteiger partial charge is 0.493 e. The zero-order valence-electron chi connectivity index (χ0n) is 22.4. The lowest BCUT2D eigenvalue weighted by atomic mass is 10.1. The minimum Gasteiger partial charge on any atom is -0.493 e. The smallest absolute Gasteiger partial charge is 0.419 e. The first-order chi connectivity index (χ1) is 18.2. The average molecular weight is 559 g/mol. The number of nitrogens with one attached hydrogen (secondary N) is 2. The number of nitrogens with two attached hydrogens (primary N) is 1. The zero-order chi connectivity index (χ0) is 29.8. The molecule has 0 radical (unpaired) electrons. The Morgan fingerprint density at radius 3 is 2.18 bits per heavy atom. The Hall–Kier alpha value is -4.03. The lowest BCUT2D eigenvalue weighted by Gasteiger charge is -2.16. The Kier molecular flexibility index (Phi) is 13.0. The molecular formula is C26H34F4N4O5. The van der Waals surface area contributed by atoms with Crippen molar-refractivity contribution in [2.45, 2.75) is 52.4 Å². The highest BCUT2D eigenvalue weighted by Gasteiger charge is 2.34. The monoisotopic (exact) mass is 558 g/mol. The molecule has 1 atom stereocenters. The molecule has 2 aromatic carbocycles. The molecule has 2 aromatic rings. The Morgan fingerprint density at radius 2 is 1.64 bits per heavy atom. The number of carboxylic acid groups (broad SMARTS) is 1. The van der Waals surface area contributed by atoms with Crippen LogP contribution in [0, 0.1) is 11.7 Å². The predicted molar refractivity (Wildman–Crippen MR) is 138 cm³/mol. The maximum absolute atomic E-state index is 12.8. The molecule has 0 spiro atoms. The summed E-state index contributed by atoms with van der Waals surface area (Å²) in [6, 6.07) is 7.81. The molecule has 39 heavy (non-hydrogen) atoms.